The normalized spacial score (nSPS) is 12.5. The molecule has 0 aliphatic heterocycles. The molecule has 2 aromatic rings. The minimum absolute atomic E-state index is 0.0387. The fourth-order valence-corrected chi connectivity index (χ4v) is 2.11. The van der Waals surface area contributed by atoms with Gasteiger partial charge in [0.2, 0.25) is 0 Å². The minimum Gasteiger partial charge on any atom is -0.487 e. The summed E-state index contributed by atoms with van der Waals surface area (Å²) in [7, 11) is 1.92. The van der Waals surface area contributed by atoms with Gasteiger partial charge in [-0.2, -0.15) is 5.10 Å². The average Bonchev–Trinajstić information content (AvgIpc) is 2.66. The van der Waals surface area contributed by atoms with E-state index in [-0.39, 0.29) is 6.04 Å². The van der Waals surface area contributed by atoms with Gasteiger partial charge in [-0.3, -0.25) is 4.68 Å². The topological polar surface area (TPSA) is 53.1 Å². The number of nitrogens with two attached hydrogens (primary N) is 1. The summed E-state index contributed by atoms with van der Waals surface area (Å²) in [6.45, 7) is 6.50. The Labute approximate surface area is 114 Å². The monoisotopic (exact) mass is 259 g/mol. The van der Waals surface area contributed by atoms with Gasteiger partial charge in [-0.25, -0.2) is 0 Å². The van der Waals surface area contributed by atoms with Crippen LogP contribution >= 0.6 is 0 Å². The van der Waals surface area contributed by atoms with Gasteiger partial charge in [0.25, 0.3) is 0 Å². The second-order valence-electron chi connectivity index (χ2n) is 5.02. The van der Waals surface area contributed by atoms with E-state index in [0.717, 1.165) is 22.7 Å². The second-order valence-corrected chi connectivity index (χ2v) is 5.02. The van der Waals surface area contributed by atoms with Gasteiger partial charge >= 0.3 is 0 Å². The zero-order chi connectivity index (χ0) is 14.0. The van der Waals surface area contributed by atoms with E-state index in [1.165, 1.54) is 5.56 Å². The van der Waals surface area contributed by atoms with Crippen LogP contribution in [0.3, 0.4) is 0 Å². The van der Waals surface area contributed by atoms with Crippen molar-refractivity contribution < 1.29 is 4.74 Å². The first-order chi connectivity index (χ1) is 8.97. The van der Waals surface area contributed by atoms with Gasteiger partial charge in [-0.05, 0) is 32.9 Å². The number of aromatic nitrogens is 2. The highest BCUT2D eigenvalue weighted by atomic mass is 16.5. The smallest absolute Gasteiger partial charge is 0.130 e. The molecule has 0 spiro atoms. The van der Waals surface area contributed by atoms with Crippen molar-refractivity contribution in [3.8, 4) is 5.75 Å². The van der Waals surface area contributed by atoms with Crippen molar-refractivity contribution >= 4 is 0 Å². The maximum atomic E-state index is 5.99. The molecule has 0 unspecified atom stereocenters. The number of hydrogen-bond donors (Lipinski definition) is 1. The summed E-state index contributed by atoms with van der Waals surface area (Å²) in [6, 6.07) is 8.09. The predicted molar refractivity (Wildman–Crippen MR) is 76.1 cm³/mol. The molecule has 2 N–H and O–H groups in total. The molecule has 4 nitrogen and oxygen atoms in total. The first-order valence-corrected chi connectivity index (χ1v) is 6.46. The number of aryl methyl sites for hydroxylation is 3. The Morgan fingerprint density at radius 3 is 2.63 bits per heavy atom. The van der Waals surface area contributed by atoms with Gasteiger partial charge in [0, 0.05) is 18.7 Å². The van der Waals surface area contributed by atoms with Crippen LogP contribution in [0.5, 0.6) is 5.75 Å². The molecule has 19 heavy (non-hydrogen) atoms. The zero-order valence-corrected chi connectivity index (χ0v) is 12.0. The molecule has 2 rings (SSSR count). The van der Waals surface area contributed by atoms with Crippen molar-refractivity contribution in [3.63, 3.8) is 0 Å². The maximum absolute atomic E-state index is 5.99. The van der Waals surface area contributed by atoms with Gasteiger partial charge in [-0.1, -0.05) is 17.7 Å². The van der Waals surface area contributed by atoms with E-state index >= 15 is 0 Å². The van der Waals surface area contributed by atoms with Crippen LogP contribution in [-0.4, -0.2) is 9.78 Å². The lowest BCUT2D eigenvalue weighted by Gasteiger charge is -2.14. The third-order valence-electron chi connectivity index (χ3n) is 3.13. The van der Waals surface area contributed by atoms with Gasteiger partial charge in [0.05, 0.1) is 11.4 Å². The number of nitrogens with zero attached hydrogens (tertiary/aromatic N) is 2. The third-order valence-corrected chi connectivity index (χ3v) is 3.13. The molecule has 0 aliphatic rings. The molecule has 4 heteroatoms. The SMILES string of the molecule is Cc1ccc(OCc2cc(C)nn2C)c([C@@H](C)N)c1. The van der Waals surface area contributed by atoms with Gasteiger partial charge < -0.3 is 10.5 Å². The maximum Gasteiger partial charge on any atom is 0.130 e. The van der Waals surface area contributed by atoms with Crippen LogP contribution in [0.15, 0.2) is 24.3 Å². The molecule has 1 atom stereocenters. The van der Waals surface area contributed by atoms with Crippen molar-refractivity contribution in [2.24, 2.45) is 12.8 Å². The molecule has 0 amide bonds. The Kier molecular flexibility index (Phi) is 3.90. The summed E-state index contributed by atoms with van der Waals surface area (Å²) < 4.78 is 7.74. The quantitative estimate of drug-likeness (QED) is 0.918. The molecule has 102 valence electrons. The molecule has 0 aliphatic carbocycles. The van der Waals surface area contributed by atoms with E-state index in [9.17, 15) is 0 Å². The Bertz CT molecular complexity index is 573. The first kappa shape index (κ1) is 13.6. The van der Waals surface area contributed by atoms with Crippen LogP contribution in [0, 0.1) is 13.8 Å². The Morgan fingerprint density at radius 2 is 2.05 bits per heavy atom. The highest BCUT2D eigenvalue weighted by Crippen LogP contribution is 2.25. The zero-order valence-electron chi connectivity index (χ0n) is 12.0. The summed E-state index contributed by atoms with van der Waals surface area (Å²) in [5.74, 6) is 0.847. The molecule has 0 saturated carbocycles. The minimum atomic E-state index is -0.0387. The van der Waals surface area contributed by atoms with Crippen LogP contribution < -0.4 is 10.5 Å². The van der Waals surface area contributed by atoms with Crippen molar-refractivity contribution in [2.45, 2.75) is 33.4 Å². The van der Waals surface area contributed by atoms with Gasteiger partial charge in [-0.15, -0.1) is 0 Å². The molecule has 0 bridgehead atoms. The first-order valence-electron chi connectivity index (χ1n) is 6.46. The second kappa shape index (κ2) is 5.45. The van der Waals surface area contributed by atoms with E-state index in [0.29, 0.717) is 6.61 Å². The van der Waals surface area contributed by atoms with Crippen molar-refractivity contribution in [1.29, 1.82) is 0 Å². The fourth-order valence-electron chi connectivity index (χ4n) is 2.11. The van der Waals surface area contributed by atoms with Crippen LogP contribution in [-0.2, 0) is 13.7 Å². The van der Waals surface area contributed by atoms with E-state index in [1.54, 1.807) is 0 Å². The third kappa shape index (κ3) is 3.15. The number of hydrogen-bond acceptors (Lipinski definition) is 3. The van der Waals surface area contributed by atoms with E-state index < -0.39 is 0 Å². The van der Waals surface area contributed by atoms with Crippen LogP contribution in [0.1, 0.15) is 35.5 Å². The van der Waals surface area contributed by atoms with Gasteiger partial charge in [0.15, 0.2) is 0 Å². The number of rotatable bonds is 4. The highest BCUT2D eigenvalue weighted by molar-refractivity contribution is 5.38. The molecule has 1 aromatic heterocycles. The Balaban J connectivity index is 2.17. The standard InChI is InChI=1S/C15H21N3O/c1-10-5-6-15(14(7-10)12(3)16)19-9-13-8-11(2)17-18(13)4/h5-8,12H,9,16H2,1-4H3/t12-/m1/s1. The molecule has 0 saturated heterocycles. The highest BCUT2D eigenvalue weighted by Gasteiger charge is 2.10. The molecular formula is C15H21N3O. The summed E-state index contributed by atoms with van der Waals surface area (Å²) in [5, 5.41) is 4.31. The lowest BCUT2D eigenvalue weighted by Crippen LogP contribution is -2.09. The van der Waals surface area contributed by atoms with Crippen LogP contribution in [0.4, 0.5) is 0 Å². The molecule has 1 aromatic carbocycles. The molecular weight excluding hydrogens is 238 g/mol. The van der Waals surface area contributed by atoms with Crippen molar-refractivity contribution in [1.82, 2.24) is 9.78 Å². The molecule has 0 radical (unpaired) electrons. The van der Waals surface area contributed by atoms with Crippen molar-refractivity contribution in [3.05, 3.63) is 46.8 Å². The largest absolute Gasteiger partial charge is 0.487 e. The molecule has 1 heterocycles. The summed E-state index contributed by atoms with van der Waals surface area (Å²) in [4.78, 5) is 0. The predicted octanol–water partition coefficient (Wildman–Crippen LogP) is 2.64. The Morgan fingerprint density at radius 1 is 1.32 bits per heavy atom. The van der Waals surface area contributed by atoms with E-state index in [4.69, 9.17) is 10.5 Å². The fraction of sp³-hybridized carbons (Fsp3) is 0.400. The number of ether oxygens (including phenoxy) is 1. The Hall–Kier alpha value is -1.81. The number of benzene rings is 1. The van der Waals surface area contributed by atoms with Crippen LogP contribution in [0.25, 0.3) is 0 Å². The van der Waals surface area contributed by atoms with Crippen molar-refractivity contribution in [2.75, 3.05) is 0 Å². The summed E-state index contributed by atoms with van der Waals surface area (Å²) in [6.07, 6.45) is 0. The van der Waals surface area contributed by atoms with Crippen LogP contribution in [0.2, 0.25) is 0 Å². The lowest BCUT2D eigenvalue weighted by atomic mass is 10.1. The van der Waals surface area contributed by atoms with E-state index in [2.05, 4.69) is 18.1 Å². The molecule has 0 fully saturated rings. The van der Waals surface area contributed by atoms with E-state index in [1.807, 2.05) is 43.8 Å². The van der Waals surface area contributed by atoms with Gasteiger partial charge in [0.1, 0.15) is 12.4 Å². The lowest BCUT2D eigenvalue weighted by molar-refractivity contribution is 0.290. The summed E-state index contributed by atoms with van der Waals surface area (Å²) >= 11 is 0. The summed E-state index contributed by atoms with van der Waals surface area (Å²) in [5.41, 5.74) is 10.3. The average molecular weight is 259 g/mol.